The Bertz CT molecular complexity index is 319. The van der Waals surface area contributed by atoms with Crippen LogP contribution in [-0.2, 0) is 7.05 Å². The van der Waals surface area contributed by atoms with E-state index < -0.39 is 0 Å². The van der Waals surface area contributed by atoms with Gasteiger partial charge in [0.1, 0.15) is 5.82 Å². The van der Waals surface area contributed by atoms with Gasteiger partial charge in [-0.05, 0) is 19.3 Å². The molecule has 1 aromatic rings. The van der Waals surface area contributed by atoms with Crippen molar-refractivity contribution in [1.29, 1.82) is 0 Å². The third kappa shape index (κ3) is 1.48. The Hall–Kier alpha value is -1.10. The molecule has 0 aromatic carbocycles. The molecule has 1 aliphatic rings. The summed E-state index contributed by atoms with van der Waals surface area (Å²) in [5.41, 5.74) is 5.88. The summed E-state index contributed by atoms with van der Waals surface area (Å²) in [5.74, 6) is 2.37. The Labute approximate surface area is 83.7 Å². The second kappa shape index (κ2) is 3.57. The van der Waals surface area contributed by atoms with Crippen LogP contribution in [0.4, 0.5) is 5.95 Å². The standard InChI is InChI=1S/C9H17N5/c1-11-9-13-12-8(14(9)2)6-3-4-7(10)5-6/h6-7H,3-5,10H2,1-2H3,(H,11,13). The molecule has 0 saturated heterocycles. The van der Waals surface area contributed by atoms with E-state index in [9.17, 15) is 0 Å². The van der Waals surface area contributed by atoms with Crippen molar-refractivity contribution in [2.45, 2.75) is 31.2 Å². The fourth-order valence-electron chi connectivity index (χ4n) is 2.17. The average molecular weight is 195 g/mol. The molecule has 14 heavy (non-hydrogen) atoms. The minimum atomic E-state index is 0.342. The molecule has 2 unspecified atom stereocenters. The van der Waals surface area contributed by atoms with Crippen molar-refractivity contribution in [2.24, 2.45) is 12.8 Å². The van der Waals surface area contributed by atoms with Gasteiger partial charge in [-0.15, -0.1) is 10.2 Å². The van der Waals surface area contributed by atoms with Gasteiger partial charge in [-0.1, -0.05) is 0 Å². The number of nitrogens with two attached hydrogens (primary N) is 1. The second-order valence-electron chi connectivity index (χ2n) is 3.96. The van der Waals surface area contributed by atoms with E-state index in [-0.39, 0.29) is 0 Å². The minimum Gasteiger partial charge on any atom is -0.357 e. The zero-order valence-corrected chi connectivity index (χ0v) is 8.70. The predicted molar refractivity (Wildman–Crippen MR) is 55.1 cm³/mol. The maximum Gasteiger partial charge on any atom is 0.224 e. The van der Waals surface area contributed by atoms with Crippen LogP contribution in [0.15, 0.2) is 0 Å². The number of anilines is 1. The van der Waals surface area contributed by atoms with Crippen LogP contribution in [0.3, 0.4) is 0 Å². The van der Waals surface area contributed by atoms with E-state index >= 15 is 0 Å². The van der Waals surface area contributed by atoms with E-state index in [0.717, 1.165) is 31.0 Å². The van der Waals surface area contributed by atoms with Gasteiger partial charge in [0.2, 0.25) is 5.95 Å². The molecule has 0 bridgehead atoms. The summed E-state index contributed by atoms with van der Waals surface area (Å²) in [5, 5.41) is 11.3. The van der Waals surface area contributed by atoms with Crippen LogP contribution >= 0.6 is 0 Å². The normalized spacial score (nSPS) is 26.8. The first-order valence-corrected chi connectivity index (χ1v) is 5.05. The molecule has 1 aromatic heterocycles. The van der Waals surface area contributed by atoms with Gasteiger partial charge < -0.3 is 15.6 Å². The van der Waals surface area contributed by atoms with E-state index in [4.69, 9.17) is 5.73 Å². The fraction of sp³-hybridized carbons (Fsp3) is 0.778. The van der Waals surface area contributed by atoms with Gasteiger partial charge in [-0.3, -0.25) is 0 Å². The molecule has 0 amide bonds. The summed E-state index contributed by atoms with van der Waals surface area (Å²) in [6, 6.07) is 0.342. The quantitative estimate of drug-likeness (QED) is 0.719. The second-order valence-corrected chi connectivity index (χ2v) is 3.96. The van der Waals surface area contributed by atoms with Crippen LogP contribution in [0.5, 0.6) is 0 Å². The molecule has 1 fully saturated rings. The molecule has 0 aliphatic heterocycles. The first-order chi connectivity index (χ1) is 6.72. The molecular weight excluding hydrogens is 178 g/mol. The van der Waals surface area contributed by atoms with Crippen molar-refractivity contribution in [1.82, 2.24) is 14.8 Å². The molecule has 78 valence electrons. The number of nitrogens with zero attached hydrogens (tertiary/aromatic N) is 3. The maximum atomic E-state index is 5.88. The van der Waals surface area contributed by atoms with Crippen molar-refractivity contribution in [3.05, 3.63) is 5.82 Å². The van der Waals surface area contributed by atoms with E-state index in [0.29, 0.717) is 12.0 Å². The molecule has 1 heterocycles. The highest BCUT2D eigenvalue weighted by molar-refractivity contribution is 5.25. The fourth-order valence-corrected chi connectivity index (χ4v) is 2.17. The molecule has 0 spiro atoms. The van der Waals surface area contributed by atoms with Crippen LogP contribution in [0.2, 0.25) is 0 Å². The zero-order valence-electron chi connectivity index (χ0n) is 8.70. The summed E-state index contributed by atoms with van der Waals surface area (Å²) in [7, 11) is 3.85. The van der Waals surface area contributed by atoms with Crippen molar-refractivity contribution in [3.63, 3.8) is 0 Å². The van der Waals surface area contributed by atoms with Crippen molar-refractivity contribution in [2.75, 3.05) is 12.4 Å². The zero-order chi connectivity index (χ0) is 10.1. The lowest BCUT2D eigenvalue weighted by Crippen LogP contribution is -2.15. The Balaban J connectivity index is 2.20. The highest BCUT2D eigenvalue weighted by Crippen LogP contribution is 2.32. The lowest BCUT2D eigenvalue weighted by Gasteiger charge is -2.08. The third-order valence-corrected chi connectivity index (χ3v) is 2.97. The summed E-state index contributed by atoms with van der Waals surface area (Å²) in [6.07, 6.45) is 3.28. The number of nitrogens with one attached hydrogen (secondary N) is 1. The first kappa shape index (κ1) is 9.45. The van der Waals surface area contributed by atoms with Crippen molar-refractivity contribution >= 4 is 5.95 Å². The van der Waals surface area contributed by atoms with E-state index in [1.54, 1.807) is 0 Å². The van der Waals surface area contributed by atoms with Crippen LogP contribution in [-0.4, -0.2) is 27.9 Å². The summed E-state index contributed by atoms with van der Waals surface area (Å²) in [6.45, 7) is 0. The predicted octanol–water partition coefficient (Wildman–Crippen LogP) is 0.452. The maximum absolute atomic E-state index is 5.88. The van der Waals surface area contributed by atoms with Gasteiger partial charge >= 0.3 is 0 Å². The lowest BCUT2D eigenvalue weighted by molar-refractivity contribution is 0.615. The van der Waals surface area contributed by atoms with E-state index in [1.807, 2.05) is 18.7 Å². The molecule has 1 saturated carbocycles. The van der Waals surface area contributed by atoms with Gasteiger partial charge in [0.15, 0.2) is 0 Å². The third-order valence-electron chi connectivity index (χ3n) is 2.97. The smallest absolute Gasteiger partial charge is 0.224 e. The molecule has 5 heteroatoms. The van der Waals surface area contributed by atoms with Crippen LogP contribution in [0, 0.1) is 0 Å². The van der Waals surface area contributed by atoms with Crippen molar-refractivity contribution < 1.29 is 0 Å². The van der Waals surface area contributed by atoms with Crippen LogP contribution in [0.1, 0.15) is 31.0 Å². The molecule has 3 N–H and O–H groups in total. The minimum absolute atomic E-state index is 0.342. The Morgan fingerprint density at radius 3 is 2.71 bits per heavy atom. The molecule has 2 rings (SSSR count). The topological polar surface area (TPSA) is 68.8 Å². The van der Waals surface area contributed by atoms with E-state index in [2.05, 4.69) is 15.5 Å². The van der Waals surface area contributed by atoms with Gasteiger partial charge in [0, 0.05) is 26.1 Å². The Kier molecular flexibility index (Phi) is 2.41. The van der Waals surface area contributed by atoms with Gasteiger partial charge in [-0.25, -0.2) is 0 Å². The van der Waals surface area contributed by atoms with Crippen LogP contribution < -0.4 is 11.1 Å². The summed E-state index contributed by atoms with van der Waals surface area (Å²) >= 11 is 0. The average Bonchev–Trinajstić information content (AvgIpc) is 2.72. The Morgan fingerprint density at radius 2 is 2.21 bits per heavy atom. The largest absolute Gasteiger partial charge is 0.357 e. The molecule has 2 atom stereocenters. The molecule has 5 nitrogen and oxygen atoms in total. The summed E-state index contributed by atoms with van der Waals surface area (Å²) < 4.78 is 2.02. The lowest BCUT2D eigenvalue weighted by atomic mass is 10.1. The summed E-state index contributed by atoms with van der Waals surface area (Å²) in [4.78, 5) is 0. The number of rotatable bonds is 2. The Morgan fingerprint density at radius 1 is 1.43 bits per heavy atom. The first-order valence-electron chi connectivity index (χ1n) is 5.05. The highest BCUT2D eigenvalue weighted by atomic mass is 15.3. The highest BCUT2D eigenvalue weighted by Gasteiger charge is 2.27. The SMILES string of the molecule is CNc1nnc(C2CCC(N)C2)n1C. The van der Waals surface area contributed by atoms with Gasteiger partial charge in [0.05, 0.1) is 0 Å². The van der Waals surface area contributed by atoms with Crippen molar-refractivity contribution in [3.8, 4) is 0 Å². The van der Waals surface area contributed by atoms with Crippen LogP contribution in [0.25, 0.3) is 0 Å². The van der Waals surface area contributed by atoms with E-state index in [1.165, 1.54) is 0 Å². The number of hydrogen-bond donors (Lipinski definition) is 2. The number of hydrogen-bond acceptors (Lipinski definition) is 4. The van der Waals surface area contributed by atoms with Gasteiger partial charge in [-0.2, -0.15) is 0 Å². The molecular formula is C9H17N5. The number of aromatic nitrogens is 3. The van der Waals surface area contributed by atoms with Gasteiger partial charge in [0.25, 0.3) is 0 Å². The molecule has 1 aliphatic carbocycles. The monoisotopic (exact) mass is 195 g/mol. The molecule has 0 radical (unpaired) electrons.